The zero-order valence-corrected chi connectivity index (χ0v) is 7.27. The number of pyridine rings is 1. The lowest BCUT2D eigenvalue weighted by Crippen LogP contribution is -2.05. The van der Waals surface area contributed by atoms with Crippen molar-refractivity contribution in [1.82, 2.24) is 4.98 Å². The first-order valence-electron chi connectivity index (χ1n) is 3.83. The van der Waals surface area contributed by atoms with Crippen molar-refractivity contribution >= 4 is 17.4 Å². The van der Waals surface area contributed by atoms with Crippen LogP contribution in [0, 0.1) is 0 Å². The van der Waals surface area contributed by atoms with Gasteiger partial charge < -0.3 is 10.1 Å². The molecule has 0 aromatic carbocycles. The number of anilines is 1. The van der Waals surface area contributed by atoms with Crippen LogP contribution in [0.15, 0.2) is 12.3 Å². The summed E-state index contributed by atoms with van der Waals surface area (Å²) < 4.78 is 5.31. The van der Waals surface area contributed by atoms with Crippen molar-refractivity contribution in [1.29, 1.82) is 0 Å². The highest BCUT2D eigenvalue weighted by Crippen LogP contribution is 2.23. The number of nitrogens with zero attached hydrogens (tertiary/aromatic N) is 1. The second-order valence-electron chi connectivity index (χ2n) is 2.60. The van der Waals surface area contributed by atoms with Crippen molar-refractivity contribution in [2.24, 2.45) is 0 Å². The molecule has 1 aromatic heterocycles. The van der Waals surface area contributed by atoms with Gasteiger partial charge in [0.15, 0.2) is 0 Å². The molecule has 0 saturated carbocycles. The quantitative estimate of drug-likeness (QED) is 0.666. The SMILES string of the molecule is Clc1ccnc2c1COCCN2. The largest absolute Gasteiger partial charge is 0.375 e. The summed E-state index contributed by atoms with van der Waals surface area (Å²) in [6, 6.07) is 1.77. The molecule has 3 nitrogen and oxygen atoms in total. The molecule has 1 aliphatic heterocycles. The molecule has 64 valence electrons. The molecule has 0 fully saturated rings. The van der Waals surface area contributed by atoms with E-state index in [-0.39, 0.29) is 0 Å². The van der Waals surface area contributed by atoms with Gasteiger partial charge in [0.05, 0.1) is 18.2 Å². The molecule has 0 spiro atoms. The minimum Gasteiger partial charge on any atom is -0.375 e. The zero-order chi connectivity index (χ0) is 8.39. The molecule has 1 N–H and O–H groups in total. The number of rotatable bonds is 0. The third kappa shape index (κ3) is 1.38. The smallest absolute Gasteiger partial charge is 0.133 e. The maximum atomic E-state index is 5.95. The summed E-state index contributed by atoms with van der Waals surface area (Å²) in [4.78, 5) is 4.16. The summed E-state index contributed by atoms with van der Waals surface area (Å²) >= 11 is 5.95. The highest BCUT2D eigenvalue weighted by Gasteiger charge is 2.10. The van der Waals surface area contributed by atoms with E-state index >= 15 is 0 Å². The minimum absolute atomic E-state index is 0.551. The average molecular weight is 185 g/mol. The molecule has 12 heavy (non-hydrogen) atoms. The zero-order valence-electron chi connectivity index (χ0n) is 6.51. The van der Waals surface area contributed by atoms with E-state index in [1.54, 1.807) is 12.3 Å². The second-order valence-corrected chi connectivity index (χ2v) is 3.01. The Labute approximate surface area is 75.7 Å². The van der Waals surface area contributed by atoms with Crippen LogP contribution in [-0.4, -0.2) is 18.1 Å². The Morgan fingerprint density at radius 2 is 2.50 bits per heavy atom. The van der Waals surface area contributed by atoms with Crippen LogP contribution in [0.1, 0.15) is 5.56 Å². The summed E-state index contributed by atoms with van der Waals surface area (Å²) in [7, 11) is 0. The molecule has 0 saturated heterocycles. The lowest BCUT2D eigenvalue weighted by Gasteiger charge is -2.05. The van der Waals surface area contributed by atoms with Gasteiger partial charge in [-0.15, -0.1) is 0 Å². The Morgan fingerprint density at radius 1 is 1.58 bits per heavy atom. The molecule has 0 amide bonds. The molecule has 1 aliphatic rings. The molecule has 0 bridgehead atoms. The lowest BCUT2D eigenvalue weighted by atomic mass is 10.3. The number of hydrogen-bond acceptors (Lipinski definition) is 3. The predicted octanol–water partition coefficient (Wildman–Crippen LogP) is 1.68. The Balaban J connectivity index is 2.42. The van der Waals surface area contributed by atoms with Crippen LogP contribution in [-0.2, 0) is 11.3 Å². The van der Waals surface area contributed by atoms with Crippen molar-refractivity contribution in [3.05, 3.63) is 22.8 Å². The van der Waals surface area contributed by atoms with Gasteiger partial charge in [-0.05, 0) is 6.07 Å². The first-order valence-corrected chi connectivity index (χ1v) is 4.21. The predicted molar refractivity (Wildman–Crippen MR) is 47.4 cm³/mol. The summed E-state index contributed by atoms with van der Waals surface area (Å²) in [5.41, 5.74) is 0.955. The summed E-state index contributed by atoms with van der Waals surface area (Å²) in [6.07, 6.45) is 1.69. The highest BCUT2D eigenvalue weighted by molar-refractivity contribution is 6.31. The van der Waals surface area contributed by atoms with Gasteiger partial charge in [-0.1, -0.05) is 11.6 Å². The van der Waals surface area contributed by atoms with Crippen LogP contribution in [0.4, 0.5) is 5.82 Å². The fourth-order valence-electron chi connectivity index (χ4n) is 1.17. The van der Waals surface area contributed by atoms with Crippen molar-refractivity contribution in [2.45, 2.75) is 6.61 Å². The van der Waals surface area contributed by atoms with Crippen molar-refractivity contribution in [2.75, 3.05) is 18.5 Å². The van der Waals surface area contributed by atoms with E-state index in [4.69, 9.17) is 16.3 Å². The van der Waals surface area contributed by atoms with Crippen LogP contribution in [0.3, 0.4) is 0 Å². The molecular formula is C8H9ClN2O. The molecular weight excluding hydrogens is 176 g/mol. The Kier molecular flexibility index (Phi) is 2.15. The number of hydrogen-bond donors (Lipinski definition) is 1. The fraction of sp³-hybridized carbons (Fsp3) is 0.375. The highest BCUT2D eigenvalue weighted by atomic mass is 35.5. The summed E-state index contributed by atoms with van der Waals surface area (Å²) in [6.45, 7) is 2.04. The first kappa shape index (κ1) is 7.83. The van der Waals surface area contributed by atoms with Crippen LogP contribution >= 0.6 is 11.6 Å². The van der Waals surface area contributed by atoms with E-state index in [1.807, 2.05) is 0 Å². The second kappa shape index (κ2) is 3.29. The van der Waals surface area contributed by atoms with Gasteiger partial charge in [0.2, 0.25) is 0 Å². The Hall–Kier alpha value is -0.800. The van der Waals surface area contributed by atoms with Gasteiger partial charge in [-0.2, -0.15) is 0 Å². The van der Waals surface area contributed by atoms with Gasteiger partial charge in [-0.3, -0.25) is 0 Å². The monoisotopic (exact) mass is 184 g/mol. The Morgan fingerprint density at radius 3 is 3.42 bits per heavy atom. The molecule has 0 atom stereocenters. The first-order chi connectivity index (χ1) is 5.88. The van der Waals surface area contributed by atoms with Crippen molar-refractivity contribution in [3.63, 3.8) is 0 Å². The number of ether oxygens (including phenoxy) is 1. The topological polar surface area (TPSA) is 34.1 Å². The average Bonchev–Trinajstić information content (AvgIpc) is 2.30. The molecule has 2 rings (SSSR count). The van der Waals surface area contributed by atoms with Crippen LogP contribution < -0.4 is 5.32 Å². The van der Waals surface area contributed by atoms with Gasteiger partial charge in [0.25, 0.3) is 0 Å². The minimum atomic E-state index is 0.551. The number of nitrogens with one attached hydrogen (secondary N) is 1. The summed E-state index contributed by atoms with van der Waals surface area (Å²) in [5.74, 6) is 0.847. The maximum Gasteiger partial charge on any atom is 0.133 e. The molecule has 0 unspecified atom stereocenters. The molecule has 4 heteroatoms. The standard InChI is InChI=1S/C8H9ClN2O/c9-7-1-2-10-8-6(7)5-12-4-3-11-8/h1-2H,3-5H2,(H,10,11). The molecule has 1 aromatic rings. The lowest BCUT2D eigenvalue weighted by molar-refractivity contribution is 0.135. The van der Waals surface area contributed by atoms with E-state index in [0.717, 1.165) is 22.9 Å². The van der Waals surface area contributed by atoms with Crippen LogP contribution in [0.5, 0.6) is 0 Å². The maximum absolute atomic E-state index is 5.95. The van der Waals surface area contributed by atoms with Gasteiger partial charge in [0.1, 0.15) is 5.82 Å². The van der Waals surface area contributed by atoms with Crippen molar-refractivity contribution < 1.29 is 4.74 Å². The van der Waals surface area contributed by atoms with Gasteiger partial charge in [0, 0.05) is 18.3 Å². The van der Waals surface area contributed by atoms with Crippen LogP contribution in [0.2, 0.25) is 5.02 Å². The normalized spacial score (nSPS) is 16.1. The van der Waals surface area contributed by atoms with Gasteiger partial charge in [-0.25, -0.2) is 4.98 Å². The van der Waals surface area contributed by atoms with E-state index in [2.05, 4.69) is 10.3 Å². The third-order valence-electron chi connectivity index (χ3n) is 1.78. The van der Waals surface area contributed by atoms with E-state index in [1.165, 1.54) is 0 Å². The van der Waals surface area contributed by atoms with Crippen molar-refractivity contribution in [3.8, 4) is 0 Å². The molecule has 0 radical (unpaired) electrons. The number of fused-ring (bicyclic) bond motifs is 1. The van der Waals surface area contributed by atoms with Gasteiger partial charge >= 0.3 is 0 Å². The summed E-state index contributed by atoms with van der Waals surface area (Å²) in [5, 5.41) is 3.86. The van der Waals surface area contributed by atoms with E-state index in [9.17, 15) is 0 Å². The third-order valence-corrected chi connectivity index (χ3v) is 2.14. The Bertz CT molecular complexity index is 290. The van der Waals surface area contributed by atoms with E-state index in [0.29, 0.717) is 13.2 Å². The number of aromatic nitrogens is 1. The fourth-order valence-corrected chi connectivity index (χ4v) is 1.37. The molecule has 2 heterocycles. The van der Waals surface area contributed by atoms with Crippen LogP contribution in [0.25, 0.3) is 0 Å². The molecule has 0 aliphatic carbocycles. The van der Waals surface area contributed by atoms with E-state index < -0.39 is 0 Å². The number of halogens is 1.